The van der Waals surface area contributed by atoms with E-state index in [0.29, 0.717) is 5.56 Å². The van der Waals surface area contributed by atoms with Crippen LogP contribution >= 0.6 is 38.5 Å². The molecule has 0 spiro atoms. The van der Waals surface area contributed by atoms with Crippen LogP contribution in [0.15, 0.2) is 40.9 Å². The van der Waals surface area contributed by atoms with Gasteiger partial charge in [-0.05, 0) is 82.2 Å². The maximum atomic E-state index is 12.2. The Morgan fingerprint density at radius 2 is 1.89 bits per heavy atom. The number of anilines is 1. The number of hydrogen-bond donors (Lipinski definition) is 1. The number of benzene rings is 2. The van der Waals surface area contributed by atoms with Gasteiger partial charge in [-0.25, -0.2) is 0 Å². The molecule has 0 saturated carbocycles. The van der Waals surface area contributed by atoms with E-state index in [-0.39, 0.29) is 5.91 Å². The number of hydrogen-bond acceptors (Lipinski definition) is 1. The average molecular weight is 430 g/mol. The maximum Gasteiger partial charge on any atom is 0.255 e. The molecule has 2 rings (SSSR count). The number of carbonyl (C=O) groups excluding carboxylic acids is 1. The fourth-order valence-electron chi connectivity index (χ4n) is 1.84. The van der Waals surface area contributed by atoms with Gasteiger partial charge in [-0.15, -0.1) is 0 Å². The number of halogens is 2. The normalized spacial score (nSPS) is 10.3. The van der Waals surface area contributed by atoms with E-state index < -0.39 is 0 Å². The van der Waals surface area contributed by atoms with Crippen LogP contribution in [0.5, 0.6) is 0 Å². The molecule has 0 heterocycles. The van der Waals surface area contributed by atoms with Crippen molar-refractivity contribution in [1.29, 1.82) is 0 Å². The van der Waals surface area contributed by atoms with Crippen LogP contribution in [-0.4, -0.2) is 5.91 Å². The Bertz CT molecular complexity index is 640. The molecule has 19 heavy (non-hydrogen) atoms. The first-order chi connectivity index (χ1) is 8.97. The Balaban J connectivity index is 2.23. The fraction of sp³-hybridized carbons (Fsp3) is 0.133. The number of amides is 1. The predicted octanol–water partition coefficient (Wildman–Crippen LogP) is 4.92. The van der Waals surface area contributed by atoms with Crippen LogP contribution in [-0.2, 0) is 0 Å². The summed E-state index contributed by atoms with van der Waals surface area (Å²) < 4.78 is 2.09. The molecule has 0 aliphatic rings. The largest absolute Gasteiger partial charge is 0.322 e. The van der Waals surface area contributed by atoms with E-state index in [1.54, 1.807) is 0 Å². The van der Waals surface area contributed by atoms with Gasteiger partial charge in [0.2, 0.25) is 0 Å². The summed E-state index contributed by atoms with van der Waals surface area (Å²) in [7, 11) is 0. The minimum absolute atomic E-state index is 0.0781. The van der Waals surface area contributed by atoms with Crippen LogP contribution in [0.25, 0.3) is 0 Å². The summed E-state index contributed by atoms with van der Waals surface area (Å²) in [5.74, 6) is -0.0781. The van der Waals surface area contributed by atoms with Crippen LogP contribution in [0.1, 0.15) is 21.5 Å². The molecule has 1 amide bonds. The lowest BCUT2D eigenvalue weighted by Crippen LogP contribution is -2.13. The molecule has 0 aliphatic heterocycles. The van der Waals surface area contributed by atoms with E-state index in [1.807, 2.05) is 50.2 Å². The predicted molar refractivity (Wildman–Crippen MR) is 90.7 cm³/mol. The summed E-state index contributed by atoms with van der Waals surface area (Å²) in [6.45, 7) is 3.97. The first-order valence-corrected chi connectivity index (χ1v) is 7.68. The van der Waals surface area contributed by atoms with Crippen molar-refractivity contribution >= 4 is 50.1 Å². The zero-order chi connectivity index (χ0) is 14.0. The highest BCUT2D eigenvalue weighted by atomic mass is 127. The smallest absolute Gasteiger partial charge is 0.255 e. The second-order valence-corrected chi connectivity index (χ2v) is 6.42. The van der Waals surface area contributed by atoms with Crippen molar-refractivity contribution < 1.29 is 4.79 Å². The molecule has 0 aromatic heterocycles. The molecule has 0 bridgehead atoms. The Hall–Kier alpha value is -0.880. The Morgan fingerprint density at radius 3 is 2.53 bits per heavy atom. The highest BCUT2D eigenvalue weighted by molar-refractivity contribution is 14.1. The molecule has 2 aromatic rings. The number of rotatable bonds is 2. The highest BCUT2D eigenvalue weighted by Crippen LogP contribution is 2.23. The van der Waals surface area contributed by atoms with E-state index in [0.717, 1.165) is 24.9 Å². The monoisotopic (exact) mass is 429 g/mol. The van der Waals surface area contributed by atoms with E-state index in [4.69, 9.17) is 0 Å². The fourth-order valence-corrected chi connectivity index (χ4v) is 2.55. The SMILES string of the molecule is Cc1ccc(C(=O)Nc2ccc(I)c(Br)c2)c(C)c1. The van der Waals surface area contributed by atoms with Crippen molar-refractivity contribution in [3.63, 3.8) is 0 Å². The molecule has 0 unspecified atom stereocenters. The third-order valence-corrected chi connectivity index (χ3v) is 5.14. The lowest BCUT2D eigenvalue weighted by atomic mass is 10.1. The molecular formula is C15H13BrINO. The van der Waals surface area contributed by atoms with Gasteiger partial charge in [-0.2, -0.15) is 0 Å². The average Bonchev–Trinajstić information content (AvgIpc) is 2.33. The Morgan fingerprint density at radius 1 is 1.16 bits per heavy atom. The first kappa shape index (κ1) is 14.5. The highest BCUT2D eigenvalue weighted by Gasteiger charge is 2.09. The van der Waals surface area contributed by atoms with Crippen LogP contribution < -0.4 is 5.32 Å². The van der Waals surface area contributed by atoms with Crippen LogP contribution in [0.2, 0.25) is 0 Å². The minimum Gasteiger partial charge on any atom is -0.322 e. The van der Waals surface area contributed by atoms with Crippen LogP contribution in [0.4, 0.5) is 5.69 Å². The van der Waals surface area contributed by atoms with Gasteiger partial charge in [0.25, 0.3) is 5.91 Å². The topological polar surface area (TPSA) is 29.1 Å². The second-order valence-electron chi connectivity index (χ2n) is 4.40. The second kappa shape index (κ2) is 6.05. The van der Waals surface area contributed by atoms with Gasteiger partial charge >= 0.3 is 0 Å². The van der Waals surface area contributed by atoms with E-state index in [1.165, 1.54) is 0 Å². The molecule has 2 nitrogen and oxygen atoms in total. The summed E-state index contributed by atoms with van der Waals surface area (Å²) in [6, 6.07) is 11.6. The van der Waals surface area contributed by atoms with Gasteiger partial charge in [0.1, 0.15) is 0 Å². The van der Waals surface area contributed by atoms with Gasteiger partial charge in [0.15, 0.2) is 0 Å². The molecule has 0 fully saturated rings. The van der Waals surface area contributed by atoms with Crippen molar-refractivity contribution in [3.8, 4) is 0 Å². The van der Waals surface area contributed by atoms with Gasteiger partial charge in [0, 0.05) is 19.3 Å². The zero-order valence-corrected chi connectivity index (χ0v) is 14.4. The third-order valence-electron chi connectivity index (χ3n) is 2.80. The summed E-state index contributed by atoms with van der Waals surface area (Å²) in [6.07, 6.45) is 0. The summed E-state index contributed by atoms with van der Waals surface area (Å²) in [5, 5.41) is 2.91. The van der Waals surface area contributed by atoms with Crippen LogP contribution in [0, 0.1) is 17.4 Å². The quantitative estimate of drug-likeness (QED) is 0.674. The van der Waals surface area contributed by atoms with Crippen molar-refractivity contribution in [1.82, 2.24) is 0 Å². The lowest BCUT2D eigenvalue weighted by molar-refractivity contribution is 0.102. The molecule has 1 N–H and O–H groups in total. The standard InChI is InChI=1S/C15H13BrINO/c1-9-3-5-12(10(2)7-9)15(19)18-11-4-6-14(17)13(16)8-11/h3-8H,1-2H3,(H,18,19). The van der Waals surface area contributed by atoms with E-state index in [2.05, 4.69) is 43.8 Å². The lowest BCUT2D eigenvalue weighted by Gasteiger charge is -2.09. The summed E-state index contributed by atoms with van der Waals surface area (Å²) in [4.78, 5) is 12.2. The van der Waals surface area contributed by atoms with E-state index >= 15 is 0 Å². The summed E-state index contributed by atoms with van der Waals surface area (Å²) in [5.41, 5.74) is 3.64. The number of nitrogens with one attached hydrogen (secondary N) is 1. The van der Waals surface area contributed by atoms with Gasteiger partial charge in [0.05, 0.1) is 0 Å². The Kier molecular flexibility index (Phi) is 4.62. The zero-order valence-electron chi connectivity index (χ0n) is 10.6. The van der Waals surface area contributed by atoms with Crippen LogP contribution in [0.3, 0.4) is 0 Å². The molecule has 0 aliphatic carbocycles. The number of carbonyl (C=O) groups is 1. The molecule has 4 heteroatoms. The Labute approximate surface area is 134 Å². The van der Waals surface area contributed by atoms with Gasteiger partial charge < -0.3 is 5.32 Å². The molecule has 0 saturated heterocycles. The molecular weight excluding hydrogens is 417 g/mol. The molecule has 2 aromatic carbocycles. The molecule has 0 atom stereocenters. The molecule has 98 valence electrons. The maximum absolute atomic E-state index is 12.2. The summed E-state index contributed by atoms with van der Waals surface area (Å²) >= 11 is 5.69. The van der Waals surface area contributed by atoms with E-state index in [9.17, 15) is 4.79 Å². The number of aryl methyl sites for hydroxylation is 2. The van der Waals surface area contributed by atoms with Crippen molar-refractivity contribution in [2.45, 2.75) is 13.8 Å². The van der Waals surface area contributed by atoms with Crippen molar-refractivity contribution in [2.75, 3.05) is 5.32 Å². The van der Waals surface area contributed by atoms with Gasteiger partial charge in [-0.3, -0.25) is 4.79 Å². The van der Waals surface area contributed by atoms with Crippen molar-refractivity contribution in [2.24, 2.45) is 0 Å². The minimum atomic E-state index is -0.0781. The van der Waals surface area contributed by atoms with Crippen molar-refractivity contribution in [3.05, 3.63) is 61.1 Å². The molecule has 0 radical (unpaired) electrons. The van der Waals surface area contributed by atoms with Gasteiger partial charge in [-0.1, -0.05) is 17.7 Å². The first-order valence-electron chi connectivity index (χ1n) is 5.81. The third kappa shape index (κ3) is 3.57.